The Morgan fingerprint density at radius 2 is 1.78 bits per heavy atom. The number of aryl methyl sites for hydroxylation is 1. The van der Waals surface area contributed by atoms with Crippen molar-refractivity contribution in [2.24, 2.45) is 11.8 Å². The normalized spacial score (nSPS) is 20.9. The molecule has 1 saturated carbocycles. The van der Waals surface area contributed by atoms with E-state index in [1.165, 1.54) is 11.3 Å². The zero-order valence-corrected chi connectivity index (χ0v) is 27.1. The molecule has 12 nitrogen and oxygen atoms in total. The SMILES string of the molecule is Cc1nc(NCC(F)(F)F)nc(NC2CC(COC(=O)C(NC(=O)OC(C)(C)C)C(C)C)C(O)C2O)c1-c1nc2ccccc2s1. The molecule has 0 radical (unpaired) electrons. The van der Waals surface area contributed by atoms with Crippen molar-refractivity contribution in [3.63, 3.8) is 0 Å². The number of nitrogens with zero attached hydrogens (tertiary/aromatic N) is 3. The van der Waals surface area contributed by atoms with Crippen LogP contribution in [-0.4, -0.2) is 86.4 Å². The number of fused-ring (bicyclic) bond motifs is 1. The Hall–Kier alpha value is -3.76. The Bertz CT molecular complexity index is 1510. The number of aliphatic hydroxyl groups is 2. The van der Waals surface area contributed by atoms with E-state index < -0.39 is 60.6 Å². The third-order valence-electron chi connectivity index (χ3n) is 7.20. The lowest BCUT2D eigenvalue weighted by atomic mass is 10.0. The highest BCUT2D eigenvalue weighted by atomic mass is 32.1. The number of thiazole rings is 1. The molecule has 5 unspecified atom stereocenters. The molecule has 1 aliphatic rings. The van der Waals surface area contributed by atoms with Crippen LogP contribution in [0, 0.1) is 18.8 Å². The van der Waals surface area contributed by atoms with Crippen molar-refractivity contribution in [2.75, 3.05) is 23.8 Å². The van der Waals surface area contributed by atoms with Gasteiger partial charge in [-0.3, -0.25) is 0 Å². The monoisotopic (exact) mass is 668 g/mol. The van der Waals surface area contributed by atoms with Crippen molar-refractivity contribution in [1.29, 1.82) is 0 Å². The largest absolute Gasteiger partial charge is 0.464 e. The van der Waals surface area contributed by atoms with Crippen molar-refractivity contribution < 1.29 is 42.4 Å². The first-order chi connectivity index (χ1) is 21.4. The summed E-state index contributed by atoms with van der Waals surface area (Å²) < 4.78 is 50.5. The van der Waals surface area contributed by atoms with Gasteiger partial charge in [-0.1, -0.05) is 26.0 Å². The van der Waals surface area contributed by atoms with Gasteiger partial charge in [0.2, 0.25) is 5.95 Å². The van der Waals surface area contributed by atoms with E-state index in [4.69, 9.17) is 9.47 Å². The third-order valence-corrected chi connectivity index (χ3v) is 8.25. The topological polar surface area (TPSA) is 168 Å². The summed E-state index contributed by atoms with van der Waals surface area (Å²) in [5, 5.41) is 30.1. The van der Waals surface area contributed by atoms with Gasteiger partial charge in [0.25, 0.3) is 0 Å². The maximum atomic E-state index is 13.0. The van der Waals surface area contributed by atoms with Crippen molar-refractivity contribution in [2.45, 2.75) is 84.0 Å². The number of carbonyl (C=O) groups excluding carboxylic acids is 2. The Labute approximate surface area is 268 Å². The van der Waals surface area contributed by atoms with Crippen LogP contribution in [0.25, 0.3) is 20.8 Å². The first kappa shape index (κ1) is 35.1. The lowest BCUT2D eigenvalue weighted by molar-refractivity contribution is -0.150. The van der Waals surface area contributed by atoms with E-state index in [0.717, 1.165) is 4.70 Å². The molecule has 1 fully saturated rings. The summed E-state index contributed by atoms with van der Waals surface area (Å²) in [6, 6.07) is 5.56. The molecule has 0 saturated heterocycles. The molecule has 46 heavy (non-hydrogen) atoms. The average Bonchev–Trinajstić information content (AvgIpc) is 3.48. The molecule has 252 valence electrons. The second-order valence-electron chi connectivity index (χ2n) is 12.5. The number of benzene rings is 1. The van der Waals surface area contributed by atoms with Crippen molar-refractivity contribution >= 4 is 45.4 Å². The van der Waals surface area contributed by atoms with E-state index in [1.54, 1.807) is 41.5 Å². The zero-order chi connectivity index (χ0) is 34.0. The number of hydrogen-bond acceptors (Lipinski definition) is 12. The molecule has 1 amide bonds. The van der Waals surface area contributed by atoms with E-state index in [2.05, 4.69) is 30.9 Å². The van der Waals surface area contributed by atoms with Gasteiger partial charge in [0.15, 0.2) is 0 Å². The fraction of sp³-hybridized carbons (Fsp3) is 0.567. The number of halogens is 3. The minimum Gasteiger partial charge on any atom is -0.464 e. The van der Waals surface area contributed by atoms with Gasteiger partial charge in [-0.2, -0.15) is 18.2 Å². The fourth-order valence-electron chi connectivity index (χ4n) is 4.99. The highest BCUT2D eigenvalue weighted by Crippen LogP contribution is 2.38. The van der Waals surface area contributed by atoms with E-state index in [9.17, 15) is 33.0 Å². The molecule has 0 bridgehead atoms. The first-order valence-electron chi connectivity index (χ1n) is 14.8. The highest BCUT2D eigenvalue weighted by Gasteiger charge is 2.43. The maximum Gasteiger partial charge on any atom is 0.408 e. The number of esters is 1. The molecular formula is C30H39F3N6O6S. The average molecular weight is 669 g/mol. The van der Waals surface area contributed by atoms with E-state index in [1.807, 2.05) is 24.3 Å². The number of aromatic nitrogens is 3. The van der Waals surface area contributed by atoms with E-state index >= 15 is 0 Å². The fourth-order valence-corrected chi connectivity index (χ4v) is 6.05. The number of nitrogens with one attached hydrogen (secondary N) is 3. The molecule has 5 N–H and O–H groups in total. The van der Waals surface area contributed by atoms with Gasteiger partial charge in [-0.15, -0.1) is 11.3 Å². The number of ether oxygens (including phenoxy) is 2. The Morgan fingerprint density at radius 1 is 1.09 bits per heavy atom. The smallest absolute Gasteiger partial charge is 0.408 e. The van der Waals surface area contributed by atoms with Crippen LogP contribution < -0.4 is 16.0 Å². The van der Waals surface area contributed by atoms with E-state index in [0.29, 0.717) is 21.8 Å². The molecule has 2 heterocycles. The molecule has 5 atom stereocenters. The summed E-state index contributed by atoms with van der Waals surface area (Å²) in [4.78, 5) is 38.4. The minimum atomic E-state index is -4.51. The predicted octanol–water partition coefficient (Wildman–Crippen LogP) is 4.65. The molecule has 2 aromatic heterocycles. The van der Waals surface area contributed by atoms with Crippen LogP contribution in [-0.2, 0) is 14.3 Å². The van der Waals surface area contributed by atoms with Crippen LogP contribution in [0.1, 0.15) is 46.7 Å². The Balaban J connectivity index is 1.52. The lowest BCUT2D eigenvalue weighted by Gasteiger charge is -2.25. The molecule has 3 aromatic rings. The quantitative estimate of drug-likeness (QED) is 0.191. The molecule has 0 spiro atoms. The predicted molar refractivity (Wildman–Crippen MR) is 166 cm³/mol. The first-order valence-corrected chi connectivity index (χ1v) is 15.6. The number of hydrogen-bond donors (Lipinski definition) is 5. The van der Waals surface area contributed by atoms with Gasteiger partial charge in [0.1, 0.15) is 35.1 Å². The van der Waals surface area contributed by atoms with Gasteiger partial charge in [-0.05, 0) is 52.2 Å². The number of aliphatic hydroxyl groups excluding tert-OH is 2. The van der Waals surface area contributed by atoms with Crippen LogP contribution >= 0.6 is 11.3 Å². The third kappa shape index (κ3) is 8.94. The van der Waals surface area contributed by atoms with Crippen LogP contribution in [0.15, 0.2) is 24.3 Å². The second-order valence-corrected chi connectivity index (χ2v) is 13.6. The van der Waals surface area contributed by atoms with Crippen molar-refractivity contribution in [3.8, 4) is 10.6 Å². The van der Waals surface area contributed by atoms with Gasteiger partial charge >= 0.3 is 18.2 Å². The molecule has 0 aliphatic heterocycles. The number of amides is 1. The molecular weight excluding hydrogens is 629 g/mol. The van der Waals surface area contributed by atoms with Crippen molar-refractivity contribution in [3.05, 3.63) is 30.0 Å². The standard InChI is InChI=1S/C30H39F3N6O6S/c1-14(2)21(38-28(43)45-29(4,5)6)26(42)44-12-16-11-18(23(41)22(16)40)36-24-20(25-37-17-9-7-8-10-19(17)46-25)15(3)35-27(39-24)34-13-30(31,32)33/h7-10,14,16,18,21-23,40-41H,11-13H2,1-6H3,(H,38,43)(H2,34,35,36,39). The molecule has 16 heteroatoms. The lowest BCUT2D eigenvalue weighted by Crippen LogP contribution is -2.47. The number of anilines is 2. The van der Waals surface area contributed by atoms with Crippen molar-refractivity contribution in [1.82, 2.24) is 20.3 Å². The summed E-state index contributed by atoms with van der Waals surface area (Å²) in [6.45, 7) is 8.52. The summed E-state index contributed by atoms with van der Waals surface area (Å²) in [5.41, 5.74) is 0.720. The summed E-state index contributed by atoms with van der Waals surface area (Å²) >= 11 is 1.35. The molecule has 1 aliphatic carbocycles. The van der Waals surface area contributed by atoms with Crippen LogP contribution in [0.2, 0.25) is 0 Å². The molecule has 4 rings (SSSR count). The Morgan fingerprint density at radius 3 is 2.41 bits per heavy atom. The van der Waals surface area contributed by atoms with Gasteiger partial charge in [-0.25, -0.2) is 19.6 Å². The number of alkyl halides is 3. The minimum absolute atomic E-state index is 0.117. The van der Waals surface area contributed by atoms with E-state index in [-0.39, 0.29) is 30.7 Å². The summed E-state index contributed by atoms with van der Waals surface area (Å²) in [7, 11) is 0. The van der Waals surface area contributed by atoms with Crippen LogP contribution in [0.5, 0.6) is 0 Å². The van der Waals surface area contributed by atoms with Gasteiger partial charge < -0.3 is 35.6 Å². The van der Waals surface area contributed by atoms with Crippen LogP contribution in [0.4, 0.5) is 29.7 Å². The molecule has 1 aromatic carbocycles. The number of carbonyl (C=O) groups is 2. The van der Waals surface area contributed by atoms with Gasteiger partial charge in [0, 0.05) is 5.92 Å². The van der Waals surface area contributed by atoms with Gasteiger partial charge in [0.05, 0.1) is 40.2 Å². The number of alkyl carbamates (subject to hydrolysis) is 1. The number of rotatable bonds is 10. The maximum absolute atomic E-state index is 13.0. The van der Waals surface area contributed by atoms with Crippen LogP contribution in [0.3, 0.4) is 0 Å². The Kier molecular flexibility index (Phi) is 10.6. The summed E-state index contributed by atoms with van der Waals surface area (Å²) in [6.07, 6.45) is -7.82. The second kappa shape index (κ2) is 13.9. The zero-order valence-electron chi connectivity index (χ0n) is 26.3. The highest BCUT2D eigenvalue weighted by molar-refractivity contribution is 7.21. The summed E-state index contributed by atoms with van der Waals surface area (Å²) in [5.74, 6) is -1.94. The number of para-hydroxylation sites is 1.